The fraction of sp³-hybridized carbons (Fsp3) is 0.417. The number of nitrogens with zero attached hydrogens (tertiary/aromatic N) is 2. The van der Waals surface area contributed by atoms with Gasteiger partial charge in [-0.15, -0.1) is 0 Å². The van der Waals surface area contributed by atoms with Crippen LogP contribution in [0, 0.1) is 13.8 Å². The van der Waals surface area contributed by atoms with Crippen LogP contribution in [0.2, 0.25) is 0 Å². The van der Waals surface area contributed by atoms with Crippen LogP contribution in [0.15, 0.2) is 36.4 Å². The molecule has 1 amide bonds. The largest absolute Gasteiger partial charge is 0.378 e. The van der Waals surface area contributed by atoms with Gasteiger partial charge in [-0.05, 0) is 61.2 Å². The van der Waals surface area contributed by atoms with Crippen molar-refractivity contribution >= 4 is 23.1 Å². The van der Waals surface area contributed by atoms with E-state index in [-0.39, 0.29) is 24.5 Å². The number of aryl methyl sites for hydroxylation is 2. The minimum atomic E-state index is 0.0278. The van der Waals surface area contributed by atoms with E-state index in [9.17, 15) is 9.59 Å². The Balaban J connectivity index is 1.39. The molecule has 2 aliphatic rings. The van der Waals surface area contributed by atoms with Gasteiger partial charge in [0.1, 0.15) is 0 Å². The third kappa shape index (κ3) is 4.20. The molecule has 2 heterocycles. The molecule has 152 valence electrons. The Morgan fingerprint density at radius 1 is 0.931 bits per heavy atom. The van der Waals surface area contributed by atoms with Crippen molar-refractivity contribution in [1.82, 2.24) is 0 Å². The van der Waals surface area contributed by atoms with Crippen LogP contribution in [-0.4, -0.2) is 44.5 Å². The summed E-state index contributed by atoms with van der Waals surface area (Å²) in [4.78, 5) is 29.5. The van der Waals surface area contributed by atoms with Crippen LogP contribution in [-0.2, 0) is 16.0 Å². The van der Waals surface area contributed by atoms with Crippen molar-refractivity contribution in [3.05, 3.63) is 58.7 Å². The lowest BCUT2D eigenvalue weighted by atomic mass is 10.0. The van der Waals surface area contributed by atoms with Gasteiger partial charge in [0.05, 0.1) is 13.2 Å². The van der Waals surface area contributed by atoms with Crippen LogP contribution in [0.3, 0.4) is 0 Å². The number of carbonyl (C=O) groups is 2. The lowest BCUT2D eigenvalue weighted by Gasteiger charge is -2.29. The summed E-state index contributed by atoms with van der Waals surface area (Å²) in [5.41, 5.74) is 6.37. The summed E-state index contributed by atoms with van der Waals surface area (Å²) in [7, 11) is 0. The Bertz CT molecular complexity index is 932. The first-order valence-electron chi connectivity index (χ1n) is 10.4. The van der Waals surface area contributed by atoms with Crippen molar-refractivity contribution in [2.45, 2.75) is 33.1 Å². The number of hydrogen-bond acceptors (Lipinski definition) is 4. The van der Waals surface area contributed by atoms with Gasteiger partial charge in [0, 0.05) is 49.4 Å². The smallest absolute Gasteiger partial charge is 0.227 e. The highest BCUT2D eigenvalue weighted by molar-refractivity contribution is 6.01. The summed E-state index contributed by atoms with van der Waals surface area (Å²) < 4.78 is 5.43. The Labute approximate surface area is 172 Å². The molecular formula is C24H28N2O3. The van der Waals surface area contributed by atoms with Gasteiger partial charge in [0.15, 0.2) is 5.78 Å². The molecule has 0 aliphatic carbocycles. The second-order valence-corrected chi connectivity index (χ2v) is 7.93. The number of amides is 1. The molecule has 0 N–H and O–H groups in total. The zero-order valence-electron chi connectivity index (χ0n) is 17.2. The van der Waals surface area contributed by atoms with E-state index in [0.29, 0.717) is 12.1 Å². The molecule has 2 aromatic rings. The monoisotopic (exact) mass is 392 g/mol. The van der Waals surface area contributed by atoms with Crippen molar-refractivity contribution < 1.29 is 14.3 Å². The maximum atomic E-state index is 12.8. The van der Waals surface area contributed by atoms with Crippen molar-refractivity contribution in [2.75, 3.05) is 42.6 Å². The average Bonchev–Trinajstić information content (AvgIpc) is 3.17. The minimum absolute atomic E-state index is 0.0278. The van der Waals surface area contributed by atoms with E-state index in [1.807, 2.05) is 36.9 Å². The summed E-state index contributed by atoms with van der Waals surface area (Å²) in [6.45, 7) is 8.06. The van der Waals surface area contributed by atoms with Crippen molar-refractivity contribution in [3.63, 3.8) is 0 Å². The van der Waals surface area contributed by atoms with E-state index in [0.717, 1.165) is 44.0 Å². The maximum absolute atomic E-state index is 12.8. The van der Waals surface area contributed by atoms with E-state index in [1.165, 1.54) is 16.8 Å². The fourth-order valence-electron chi connectivity index (χ4n) is 4.08. The molecule has 0 unspecified atom stereocenters. The quantitative estimate of drug-likeness (QED) is 0.728. The average molecular weight is 392 g/mol. The van der Waals surface area contributed by atoms with Crippen LogP contribution >= 0.6 is 0 Å². The van der Waals surface area contributed by atoms with E-state index in [4.69, 9.17) is 4.74 Å². The number of ketones is 1. The zero-order chi connectivity index (χ0) is 20.4. The van der Waals surface area contributed by atoms with Gasteiger partial charge >= 0.3 is 0 Å². The van der Waals surface area contributed by atoms with Gasteiger partial charge in [-0.1, -0.05) is 12.1 Å². The summed E-state index contributed by atoms with van der Waals surface area (Å²) in [6.07, 6.45) is 1.36. The molecule has 0 atom stereocenters. The molecule has 2 aromatic carbocycles. The number of rotatable bonds is 5. The third-order valence-electron chi connectivity index (χ3n) is 6.03. The summed E-state index contributed by atoms with van der Waals surface area (Å²) >= 11 is 0. The van der Waals surface area contributed by atoms with Gasteiger partial charge in [-0.25, -0.2) is 0 Å². The first-order valence-corrected chi connectivity index (χ1v) is 10.4. The van der Waals surface area contributed by atoms with Gasteiger partial charge < -0.3 is 14.5 Å². The van der Waals surface area contributed by atoms with Crippen molar-refractivity contribution in [2.24, 2.45) is 0 Å². The first kappa shape index (κ1) is 19.6. The lowest BCUT2D eigenvalue weighted by Crippen LogP contribution is -2.36. The predicted octanol–water partition coefficient (Wildman–Crippen LogP) is 3.69. The molecule has 0 spiro atoms. The number of ether oxygens (including phenoxy) is 1. The summed E-state index contributed by atoms with van der Waals surface area (Å²) in [5.74, 6) is 0.0589. The highest BCUT2D eigenvalue weighted by atomic mass is 16.5. The molecule has 4 rings (SSSR count). The Morgan fingerprint density at radius 3 is 2.48 bits per heavy atom. The minimum Gasteiger partial charge on any atom is -0.378 e. The number of fused-ring (bicyclic) bond motifs is 1. The lowest BCUT2D eigenvalue weighted by molar-refractivity contribution is -0.118. The van der Waals surface area contributed by atoms with E-state index in [2.05, 4.69) is 23.1 Å². The number of Topliss-reactive ketones (excluding diaryl/α,β-unsaturated/α-hetero) is 1. The number of anilines is 2. The fourth-order valence-corrected chi connectivity index (χ4v) is 4.08. The van der Waals surface area contributed by atoms with E-state index < -0.39 is 0 Å². The number of benzene rings is 2. The molecule has 1 saturated heterocycles. The predicted molar refractivity (Wildman–Crippen MR) is 115 cm³/mol. The Kier molecular flexibility index (Phi) is 5.67. The Morgan fingerprint density at radius 2 is 1.72 bits per heavy atom. The summed E-state index contributed by atoms with van der Waals surface area (Å²) in [5, 5.41) is 0. The van der Waals surface area contributed by atoms with Crippen molar-refractivity contribution in [3.8, 4) is 0 Å². The van der Waals surface area contributed by atoms with Crippen LogP contribution in [0.25, 0.3) is 0 Å². The highest BCUT2D eigenvalue weighted by Crippen LogP contribution is 2.32. The summed E-state index contributed by atoms with van der Waals surface area (Å²) in [6, 6.07) is 12.1. The number of morpholine rings is 1. The molecule has 5 nitrogen and oxygen atoms in total. The zero-order valence-corrected chi connectivity index (χ0v) is 17.2. The maximum Gasteiger partial charge on any atom is 0.227 e. The topological polar surface area (TPSA) is 49.9 Å². The third-order valence-corrected chi connectivity index (χ3v) is 6.03. The molecule has 0 aromatic heterocycles. The number of carbonyl (C=O) groups excluding carboxylic acids is 2. The van der Waals surface area contributed by atoms with Crippen molar-refractivity contribution in [1.29, 1.82) is 0 Å². The molecular weight excluding hydrogens is 364 g/mol. The molecule has 2 aliphatic heterocycles. The molecule has 1 fully saturated rings. The first-order chi connectivity index (χ1) is 14.0. The van der Waals surface area contributed by atoms with Crippen LogP contribution in [0.5, 0.6) is 0 Å². The normalized spacial score (nSPS) is 16.1. The Hall–Kier alpha value is -2.66. The molecule has 0 saturated carbocycles. The van der Waals surface area contributed by atoms with Gasteiger partial charge in [0.2, 0.25) is 5.91 Å². The molecule has 0 radical (unpaired) electrons. The number of hydrogen-bond donors (Lipinski definition) is 0. The van der Waals surface area contributed by atoms with Crippen LogP contribution < -0.4 is 9.80 Å². The second kappa shape index (κ2) is 8.37. The molecule has 29 heavy (non-hydrogen) atoms. The van der Waals surface area contributed by atoms with Gasteiger partial charge in [0.25, 0.3) is 0 Å². The van der Waals surface area contributed by atoms with Gasteiger partial charge in [-0.3, -0.25) is 9.59 Å². The van der Waals surface area contributed by atoms with Crippen LogP contribution in [0.4, 0.5) is 11.4 Å². The standard InChI is InChI=1S/C24H28N2O3/c1-17-3-4-20(15-18(17)2)23(27)7-8-24(28)26-10-9-19-16-21(5-6-22(19)26)25-11-13-29-14-12-25/h3-6,15-16H,7-14H2,1-2H3. The highest BCUT2D eigenvalue weighted by Gasteiger charge is 2.26. The van der Waals surface area contributed by atoms with Crippen LogP contribution in [0.1, 0.15) is 39.9 Å². The SMILES string of the molecule is Cc1ccc(C(=O)CCC(=O)N2CCc3cc(N4CCOCC4)ccc32)cc1C. The van der Waals surface area contributed by atoms with E-state index >= 15 is 0 Å². The molecule has 0 bridgehead atoms. The second-order valence-electron chi connectivity index (χ2n) is 7.93. The van der Waals surface area contributed by atoms with E-state index in [1.54, 1.807) is 0 Å². The molecule has 5 heteroatoms. The van der Waals surface area contributed by atoms with Gasteiger partial charge in [-0.2, -0.15) is 0 Å².